The van der Waals surface area contributed by atoms with Crippen molar-refractivity contribution in [2.45, 2.75) is 6.36 Å². The maximum atomic E-state index is 12.2. The van der Waals surface area contributed by atoms with Crippen LogP contribution in [-0.4, -0.2) is 23.4 Å². The van der Waals surface area contributed by atoms with E-state index in [1.165, 1.54) is 31.5 Å². The molecule has 0 amide bonds. The van der Waals surface area contributed by atoms with Crippen LogP contribution >= 0.6 is 0 Å². The van der Waals surface area contributed by atoms with Crippen LogP contribution in [0, 0.1) is 10.1 Å². The van der Waals surface area contributed by atoms with E-state index in [1.54, 1.807) is 0 Å². The molecule has 22 heavy (non-hydrogen) atoms. The normalized spacial score (nSPS) is 11.1. The lowest BCUT2D eigenvalue weighted by Crippen LogP contribution is -2.17. The number of benzene rings is 1. The summed E-state index contributed by atoms with van der Waals surface area (Å²) in [6.07, 6.45) is -3.63. The average Bonchev–Trinajstić information content (AvgIpc) is 2.45. The van der Waals surface area contributed by atoms with Gasteiger partial charge in [-0.15, -0.1) is 13.2 Å². The second-order valence-electron chi connectivity index (χ2n) is 4.08. The Kier molecular flexibility index (Phi) is 4.15. The molecule has 1 aromatic carbocycles. The minimum atomic E-state index is -4.80. The summed E-state index contributed by atoms with van der Waals surface area (Å²) in [5, 5.41) is 10.8. The molecule has 2 rings (SSSR count). The topological polar surface area (TPSA) is 74.5 Å². The number of ether oxygens (including phenoxy) is 2. The summed E-state index contributed by atoms with van der Waals surface area (Å²) >= 11 is 0. The standard InChI is InChI=1S/C13H9F3N2O4/c1-21-11-6-9(7-17-12(11)18(19)20)8-3-2-4-10(5-8)22-13(14,15)16/h2-7H,1H3. The van der Waals surface area contributed by atoms with Gasteiger partial charge in [-0.3, -0.25) is 0 Å². The molecule has 2 aromatic rings. The Balaban J connectivity index is 2.40. The molecule has 0 bridgehead atoms. The molecule has 1 heterocycles. The molecule has 116 valence electrons. The molecule has 0 radical (unpaired) electrons. The van der Waals surface area contributed by atoms with Gasteiger partial charge in [0.2, 0.25) is 5.75 Å². The first kappa shape index (κ1) is 15.5. The van der Waals surface area contributed by atoms with E-state index in [4.69, 9.17) is 4.74 Å². The molecule has 0 spiro atoms. The van der Waals surface area contributed by atoms with Crippen molar-refractivity contribution >= 4 is 5.82 Å². The zero-order chi connectivity index (χ0) is 16.3. The number of nitro groups is 1. The summed E-state index contributed by atoms with van der Waals surface area (Å²) in [6.45, 7) is 0. The lowest BCUT2D eigenvalue weighted by Gasteiger charge is -2.10. The fourth-order valence-electron chi connectivity index (χ4n) is 1.76. The zero-order valence-electron chi connectivity index (χ0n) is 11.1. The molecular formula is C13H9F3N2O4. The van der Waals surface area contributed by atoms with Crippen LogP contribution in [-0.2, 0) is 0 Å². The average molecular weight is 314 g/mol. The Labute approximate surface area is 122 Å². The van der Waals surface area contributed by atoms with E-state index in [1.807, 2.05) is 0 Å². The van der Waals surface area contributed by atoms with Gasteiger partial charge in [0, 0.05) is 11.6 Å². The van der Waals surface area contributed by atoms with Gasteiger partial charge in [0.15, 0.2) is 0 Å². The van der Waals surface area contributed by atoms with Crippen LogP contribution in [0.1, 0.15) is 0 Å². The first-order chi connectivity index (χ1) is 10.3. The van der Waals surface area contributed by atoms with Gasteiger partial charge in [0.25, 0.3) is 0 Å². The summed E-state index contributed by atoms with van der Waals surface area (Å²) in [6, 6.07) is 6.50. The molecule has 0 saturated carbocycles. The summed E-state index contributed by atoms with van der Waals surface area (Å²) in [4.78, 5) is 13.7. The van der Waals surface area contributed by atoms with Crippen molar-refractivity contribution < 1.29 is 27.6 Å². The largest absolute Gasteiger partial charge is 0.573 e. The van der Waals surface area contributed by atoms with Gasteiger partial charge >= 0.3 is 12.2 Å². The van der Waals surface area contributed by atoms with Crippen molar-refractivity contribution in [3.05, 3.63) is 46.6 Å². The molecule has 9 heteroatoms. The van der Waals surface area contributed by atoms with E-state index in [2.05, 4.69) is 9.72 Å². The van der Waals surface area contributed by atoms with Gasteiger partial charge in [-0.1, -0.05) is 12.1 Å². The van der Waals surface area contributed by atoms with Gasteiger partial charge < -0.3 is 19.6 Å². The second kappa shape index (κ2) is 5.88. The maximum Gasteiger partial charge on any atom is 0.573 e. The van der Waals surface area contributed by atoms with Crippen molar-refractivity contribution in [2.24, 2.45) is 0 Å². The molecule has 6 nitrogen and oxygen atoms in total. The van der Waals surface area contributed by atoms with Crippen LogP contribution in [0.25, 0.3) is 11.1 Å². The Morgan fingerprint density at radius 2 is 1.95 bits per heavy atom. The molecule has 0 aliphatic heterocycles. The fraction of sp³-hybridized carbons (Fsp3) is 0.154. The molecular weight excluding hydrogens is 305 g/mol. The lowest BCUT2D eigenvalue weighted by molar-refractivity contribution is -0.390. The van der Waals surface area contributed by atoms with Gasteiger partial charge in [-0.2, -0.15) is 0 Å². The third-order valence-corrected chi connectivity index (χ3v) is 2.63. The summed E-state index contributed by atoms with van der Waals surface area (Å²) in [7, 11) is 1.23. The van der Waals surface area contributed by atoms with E-state index in [9.17, 15) is 23.3 Å². The van der Waals surface area contributed by atoms with Crippen molar-refractivity contribution in [2.75, 3.05) is 7.11 Å². The van der Waals surface area contributed by atoms with E-state index < -0.39 is 22.9 Å². The molecule has 0 aliphatic rings. The second-order valence-corrected chi connectivity index (χ2v) is 4.08. The molecule has 0 fully saturated rings. The van der Waals surface area contributed by atoms with Crippen LogP contribution in [0.15, 0.2) is 36.5 Å². The van der Waals surface area contributed by atoms with E-state index in [-0.39, 0.29) is 5.75 Å². The summed E-state index contributed by atoms with van der Waals surface area (Å²) < 4.78 is 45.3. The third-order valence-electron chi connectivity index (χ3n) is 2.63. The van der Waals surface area contributed by atoms with Gasteiger partial charge in [-0.25, -0.2) is 0 Å². The van der Waals surface area contributed by atoms with Crippen LogP contribution in [0.2, 0.25) is 0 Å². The number of halogens is 3. The zero-order valence-corrected chi connectivity index (χ0v) is 11.1. The highest BCUT2D eigenvalue weighted by Crippen LogP contribution is 2.32. The van der Waals surface area contributed by atoms with E-state index >= 15 is 0 Å². The van der Waals surface area contributed by atoms with Crippen molar-refractivity contribution in [1.82, 2.24) is 4.98 Å². The number of hydrogen-bond acceptors (Lipinski definition) is 5. The smallest absolute Gasteiger partial charge is 0.489 e. The number of hydrogen-bond donors (Lipinski definition) is 0. The summed E-state index contributed by atoms with van der Waals surface area (Å²) in [5.41, 5.74) is 0.706. The first-order valence-corrected chi connectivity index (χ1v) is 5.85. The highest BCUT2D eigenvalue weighted by Gasteiger charge is 2.31. The van der Waals surface area contributed by atoms with Crippen molar-refractivity contribution in [3.8, 4) is 22.6 Å². The molecule has 0 saturated heterocycles. The Morgan fingerprint density at radius 3 is 2.55 bits per heavy atom. The van der Waals surface area contributed by atoms with E-state index in [0.717, 1.165) is 12.1 Å². The fourth-order valence-corrected chi connectivity index (χ4v) is 1.76. The monoisotopic (exact) mass is 314 g/mol. The number of nitrogens with zero attached hydrogens (tertiary/aromatic N) is 2. The van der Waals surface area contributed by atoms with Crippen LogP contribution < -0.4 is 9.47 Å². The van der Waals surface area contributed by atoms with Gasteiger partial charge in [0.05, 0.1) is 7.11 Å². The highest BCUT2D eigenvalue weighted by atomic mass is 19.4. The Hall–Kier alpha value is -2.84. The number of pyridine rings is 1. The molecule has 1 aromatic heterocycles. The van der Waals surface area contributed by atoms with E-state index in [0.29, 0.717) is 11.1 Å². The molecule has 0 N–H and O–H groups in total. The number of methoxy groups -OCH3 is 1. The van der Waals surface area contributed by atoms with Crippen LogP contribution in [0.4, 0.5) is 19.0 Å². The summed E-state index contributed by atoms with van der Waals surface area (Å²) in [5.74, 6) is -0.971. The maximum absolute atomic E-state index is 12.2. The molecule has 0 unspecified atom stereocenters. The third kappa shape index (κ3) is 3.62. The van der Waals surface area contributed by atoms with Gasteiger partial charge in [0.1, 0.15) is 11.9 Å². The quantitative estimate of drug-likeness (QED) is 0.637. The number of alkyl halides is 3. The number of rotatable bonds is 4. The first-order valence-electron chi connectivity index (χ1n) is 5.85. The minimum Gasteiger partial charge on any atom is -0.489 e. The molecule has 0 atom stereocenters. The minimum absolute atomic E-state index is 0.0929. The van der Waals surface area contributed by atoms with Gasteiger partial charge in [-0.05, 0) is 27.6 Å². The van der Waals surface area contributed by atoms with Crippen molar-refractivity contribution in [1.29, 1.82) is 0 Å². The van der Waals surface area contributed by atoms with Crippen molar-refractivity contribution in [3.63, 3.8) is 0 Å². The Morgan fingerprint density at radius 1 is 1.23 bits per heavy atom. The number of aromatic nitrogens is 1. The Bertz CT molecular complexity index is 704. The SMILES string of the molecule is COc1cc(-c2cccc(OC(F)(F)F)c2)cnc1[N+](=O)[O-]. The lowest BCUT2D eigenvalue weighted by atomic mass is 10.1. The van der Waals surface area contributed by atoms with Crippen LogP contribution in [0.5, 0.6) is 11.5 Å². The predicted molar refractivity (Wildman–Crippen MR) is 69.6 cm³/mol. The highest BCUT2D eigenvalue weighted by molar-refractivity contribution is 5.67. The van der Waals surface area contributed by atoms with Crippen LogP contribution in [0.3, 0.4) is 0 Å². The molecule has 0 aliphatic carbocycles. The predicted octanol–water partition coefficient (Wildman–Crippen LogP) is 3.56.